The third-order valence-electron chi connectivity index (χ3n) is 2.16. The highest BCUT2D eigenvalue weighted by molar-refractivity contribution is 5.78. The van der Waals surface area contributed by atoms with Gasteiger partial charge in [0.15, 0.2) is 0 Å². The number of aryl methyl sites for hydroxylation is 1. The molecule has 2 aromatic rings. The number of halogens is 1. The van der Waals surface area contributed by atoms with Crippen molar-refractivity contribution in [1.29, 1.82) is 0 Å². The van der Waals surface area contributed by atoms with E-state index in [0.717, 1.165) is 11.0 Å². The van der Waals surface area contributed by atoms with E-state index in [-0.39, 0.29) is 5.82 Å². The first-order valence-corrected chi connectivity index (χ1v) is 4.38. The van der Waals surface area contributed by atoms with Gasteiger partial charge in [-0.25, -0.2) is 15.2 Å². The van der Waals surface area contributed by atoms with Gasteiger partial charge >= 0.3 is 0 Å². The van der Waals surface area contributed by atoms with Gasteiger partial charge in [-0.05, 0) is 25.1 Å². The molecule has 1 aromatic carbocycles. The van der Waals surface area contributed by atoms with Crippen LogP contribution >= 0.6 is 0 Å². The Hall–Kier alpha value is -1.62. The largest absolute Gasteiger partial charge is 0.309 e. The van der Waals surface area contributed by atoms with Crippen LogP contribution in [0.2, 0.25) is 0 Å². The van der Waals surface area contributed by atoms with Gasteiger partial charge in [0.25, 0.3) is 0 Å². The first-order chi connectivity index (χ1) is 6.76. The van der Waals surface area contributed by atoms with E-state index in [1.807, 2.05) is 11.5 Å². The number of hydrazine groups is 1. The quantitative estimate of drug-likeness (QED) is 0.562. The van der Waals surface area contributed by atoms with Crippen LogP contribution in [0.5, 0.6) is 0 Å². The Morgan fingerprint density at radius 2 is 2.36 bits per heavy atom. The van der Waals surface area contributed by atoms with Gasteiger partial charge in [-0.3, -0.25) is 5.43 Å². The predicted molar refractivity (Wildman–Crippen MR) is 53.2 cm³/mol. The number of nitrogens with one attached hydrogen (secondary N) is 1. The van der Waals surface area contributed by atoms with Crippen molar-refractivity contribution >= 4 is 17.0 Å². The van der Waals surface area contributed by atoms with Crippen LogP contribution in [0.25, 0.3) is 11.0 Å². The fraction of sp³-hybridized carbons (Fsp3) is 0.222. The third-order valence-corrected chi connectivity index (χ3v) is 2.16. The van der Waals surface area contributed by atoms with Crippen molar-refractivity contribution in [2.75, 3.05) is 5.43 Å². The smallest absolute Gasteiger partial charge is 0.218 e. The van der Waals surface area contributed by atoms with Crippen LogP contribution < -0.4 is 11.3 Å². The van der Waals surface area contributed by atoms with Crippen LogP contribution in [-0.4, -0.2) is 9.55 Å². The second-order valence-electron chi connectivity index (χ2n) is 2.96. The Kier molecular flexibility index (Phi) is 2.09. The minimum atomic E-state index is -0.268. The summed E-state index contributed by atoms with van der Waals surface area (Å²) in [5, 5.41) is 0. The SMILES string of the molecule is CCn1c(NN)nc2ccc(F)cc21. The van der Waals surface area contributed by atoms with Crippen molar-refractivity contribution < 1.29 is 4.39 Å². The van der Waals surface area contributed by atoms with Crippen molar-refractivity contribution in [2.45, 2.75) is 13.5 Å². The molecular formula is C9H11FN4. The van der Waals surface area contributed by atoms with E-state index in [9.17, 15) is 4.39 Å². The lowest BCUT2D eigenvalue weighted by molar-refractivity contribution is 0.628. The molecule has 0 radical (unpaired) electrons. The molecule has 5 heteroatoms. The van der Waals surface area contributed by atoms with E-state index in [1.54, 1.807) is 6.07 Å². The standard InChI is InChI=1S/C9H11FN4/c1-2-14-8-5-6(10)3-4-7(8)12-9(14)13-11/h3-5H,2,11H2,1H3,(H,12,13). The zero-order valence-corrected chi connectivity index (χ0v) is 7.79. The van der Waals surface area contributed by atoms with Crippen LogP contribution in [0.4, 0.5) is 10.3 Å². The lowest BCUT2D eigenvalue weighted by atomic mass is 10.3. The number of aromatic nitrogens is 2. The highest BCUT2D eigenvalue weighted by atomic mass is 19.1. The van der Waals surface area contributed by atoms with Crippen molar-refractivity contribution in [3.63, 3.8) is 0 Å². The van der Waals surface area contributed by atoms with Gasteiger partial charge < -0.3 is 4.57 Å². The predicted octanol–water partition coefficient (Wildman–Crippen LogP) is 1.48. The van der Waals surface area contributed by atoms with Crippen molar-refractivity contribution in [2.24, 2.45) is 5.84 Å². The van der Waals surface area contributed by atoms with Crippen LogP contribution in [-0.2, 0) is 6.54 Å². The number of imidazole rings is 1. The summed E-state index contributed by atoms with van der Waals surface area (Å²) in [4.78, 5) is 4.20. The third kappa shape index (κ3) is 1.22. The first-order valence-electron chi connectivity index (χ1n) is 4.38. The molecule has 0 atom stereocenters. The first kappa shape index (κ1) is 8.96. The number of nitrogens with zero attached hydrogens (tertiary/aromatic N) is 2. The monoisotopic (exact) mass is 194 g/mol. The second-order valence-corrected chi connectivity index (χ2v) is 2.96. The van der Waals surface area contributed by atoms with Gasteiger partial charge in [-0.2, -0.15) is 0 Å². The molecule has 1 heterocycles. The number of rotatable bonds is 2. The van der Waals surface area contributed by atoms with Crippen LogP contribution in [0, 0.1) is 5.82 Å². The molecule has 0 saturated heterocycles. The number of benzene rings is 1. The molecule has 0 amide bonds. The van der Waals surface area contributed by atoms with Gasteiger partial charge in [0.05, 0.1) is 11.0 Å². The molecule has 0 spiro atoms. The Morgan fingerprint density at radius 1 is 1.57 bits per heavy atom. The molecule has 0 aliphatic rings. The Morgan fingerprint density at radius 3 is 3.00 bits per heavy atom. The summed E-state index contributed by atoms with van der Waals surface area (Å²) >= 11 is 0. The molecular weight excluding hydrogens is 183 g/mol. The van der Waals surface area contributed by atoms with Gasteiger partial charge in [0, 0.05) is 6.54 Å². The fourth-order valence-electron chi connectivity index (χ4n) is 1.53. The number of fused-ring (bicyclic) bond motifs is 1. The molecule has 2 rings (SSSR count). The molecule has 0 unspecified atom stereocenters. The van der Waals surface area contributed by atoms with Crippen molar-refractivity contribution in [1.82, 2.24) is 9.55 Å². The Bertz CT molecular complexity index is 463. The number of anilines is 1. The maximum Gasteiger partial charge on any atom is 0.218 e. The summed E-state index contributed by atoms with van der Waals surface area (Å²) < 4.78 is 14.8. The maximum absolute atomic E-state index is 13.0. The second kappa shape index (κ2) is 3.26. The van der Waals surface area contributed by atoms with Crippen molar-refractivity contribution in [3.8, 4) is 0 Å². The zero-order chi connectivity index (χ0) is 10.1. The minimum absolute atomic E-state index is 0.268. The average molecular weight is 194 g/mol. The summed E-state index contributed by atoms with van der Waals surface area (Å²) in [5.41, 5.74) is 3.97. The molecule has 0 bridgehead atoms. The maximum atomic E-state index is 13.0. The fourth-order valence-corrected chi connectivity index (χ4v) is 1.53. The summed E-state index contributed by atoms with van der Waals surface area (Å²) in [6.07, 6.45) is 0. The number of hydrogen-bond donors (Lipinski definition) is 2. The van der Waals surface area contributed by atoms with Gasteiger partial charge in [-0.1, -0.05) is 0 Å². The van der Waals surface area contributed by atoms with E-state index in [4.69, 9.17) is 5.84 Å². The van der Waals surface area contributed by atoms with E-state index in [2.05, 4.69) is 10.4 Å². The normalized spacial score (nSPS) is 10.8. The average Bonchev–Trinajstić information content (AvgIpc) is 2.54. The molecule has 1 aromatic heterocycles. The van der Waals surface area contributed by atoms with Gasteiger partial charge in [0.1, 0.15) is 5.82 Å². The summed E-state index contributed by atoms with van der Waals surface area (Å²) in [6.45, 7) is 2.65. The zero-order valence-electron chi connectivity index (χ0n) is 7.79. The van der Waals surface area contributed by atoms with Crippen LogP contribution in [0.15, 0.2) is 18.2 Å². The van der Waals surface area contributed by atoms with Crippen LogP contribution in [0.3, 0.4) is 0 Å². The number of nitrogen functional groups attached to an aromatic ring is 1. The number of nitrogens with two attached hydrogens (primary N) is 1. The molecule has 0 aliphatic heterocycles. The molecule has 0 fully saturated rings. The van der Waals surface area contributed by atoms with Crippen LogP contribution in [0.1, 0.15) is 6.92 Å². The molecule has 3 N–H and O–H groups in total. The van der Waals surface area contributed by atoms with E-state index < -0.39 is 0 Å². The number of hydrogen-bond acceptors (Lipinski definition) is 3. The lowest BCUT2D eigenvalue weighted by Crippen LogP contribution is -2.12. The minimum Gasteiger partial charge on any atom is -0.309 e. The highest BCUT2D eigenvalue weighted by Gasteiger charge is 2.08. The molecule has 74 valence electrons. The van der Waals surface area contributed by atoms with E-state index in [1.165, 1.54) is 12.1 Å². The topological polar surface area (TPSA) is 55.9 Å². The summed E-state index contributed by atoms with van der Waals surface area (Å²) in [6, 6.07) is 4.47. The summed E-state index contributed by atoms with van der Waals surface area (Å²) in [7, 11) is 0. The van der Waals surface area contributed by atoms with Gasteiger partial charge in [0.2, 0.25) is 5.95 Å². The molecule has 4 nitrogen and oxygen atoms in total. The highest BCUT2D eigenvalue weighted by Crippen LogP contribution is 2.19. The molecule has 14 heavy (non-hydrogen) atoms. The Labute approximate surface area is 80.5 Å². The summed E-state index contributed by atoms with van der Waals surface area (Å²) in [5.74, 6) is 5.58. The van der Waals surface area contributed by atoms with E-state index in [0.29, 0.717) is 12.5 Å². The Balaban J connectivity index is 2.74. The van der Waals surface area contributed by atoms with Crippen molar-refractivity contribution in [3.05, 3.63) is 24.0 Å². The molecule has 0 saturated carbocycles. The van der Waals surface area contributed by atoms with E-state index >= 15 is 0 Å². The lowest BCUT2D eigenvalue weighted by Gasteiger charge is -2.03. The van der Waals surface area contributed by atoms with Gasteiger partial charge in [-0.15, -0.1) is 0 Å². The molecule has 0 aliphatic carbocycles.